The van der Waals surface area contributed by atoms with E-state index in [2.05, 4.69) is 37.4 Å². The van der Waals surface area contributed by atoms with Gasteiger partial charge in [-0.1, -0.05) is 36.8 Å². The van der Waals surface area contributed by atoms with Crippen molar-refractivity contribution < 1.29 is 4.79 Å². The van der Waals surface area contributed by atoms with Crippen LogP contribution in [0.4, 0.5) is 4.79 Å². The monoisotopic (exact) mass is 247 g/mol. The maximum absolute atomic E-state index is 11.9. The van der Waals surface area contributed by atoms with Crippen molar-refractivity contribution in [3.8, 4) is 0 Å². The molecular weight excluding hydrogens is 226 g/mol. The number of carbonyl (C=O) groups excluding carboxylic acids is 1. The Hall–Kier alpha value is -1.55. The van der Waals surface area contributed by atoms with Crippen molar-refractivity contribution in [1.82, 2.24) is 10.2 Å². The first-order valence-corrected chi connectivity index (χ1v) is 6.42. The summed E-state index contributed by atoms with van der Waals surface area (Å²) in [6.45, 7) is 6.19. The van der Waals surface area contributed by atoms with E-state index in [1.54, 1.807) is 0 Å². The van der Waals surface area contributed by atoms with Crippen LogP contribution in [0.15, 0.2) is 24.3 Å². The first-order chi connectivity index (χ1) is 8.60. The van der Waals surface area contributed by atoms with E-state index in [-0.39, 0.29) is 12.1 Å². The van der Waals surface area contributed by atoms with Gasteiger partial charge in [0.25, 0.3) is 0 Å². The maximum Gasteiger partial charge on any atom is 0.318 e. The van der Waals surface area contributed by atoms with Crippen LogP contribution in [0, 0.1) is 12.8 Å². The van der Waals surface area contributed by atoms with Crippen LogP contribution in [0.2, 0.25) is 0 Å². The standard InChI is InChI=1S/C14H21N3O/c1-10-4-3-5-12(6-10)13-9-17(14(18)16-13)8-11(2)7-15/h3-6,11,13H,7-9,15H2,1-2H3,(H,16,18). The Balaban J connectivity index is 2.04. The molecule has 0 saturated carbocycles. The number of nitrogens with two attached hydrogens (primary N) is 1. The summed E-state index contributed by atoms with van der Waals surface area (Å²) in [5.74, 6) is 0.340. The second-order valence-corrected chi connectivity index (χ2v) is 5.16. The van der Waals surface area contributed by atoms with Gasteiger partial charge in [-0.15, -0.1) is 0 Å². The summed E-state index contributed by atoms with van der Waals surface area (Å²) < 4.78 is 0. The number of amides is 2. The van der Waals surface area contributed by atoms with E-state index in [9.17, 15) is 4.79 Å². The minimum Gasteiger partial charge on any atom is -0.330 e. The predicted molar refractivity (Wildman–Crippen MR) is 72.2 cm³/mol. The van der Waals surface area contributed by atoms with Crippen molar-refractivity contribution in [3.05, 3.63) is 35.4 Å². The van der Waals surface area contributed by atoms with E-state index in [1.807, 2.05) is 11.0 Å². The Labute approximate surface area is 108 Å². The molecule has 98 valence electrons. The van der Waals surface area contributed by atoms with Crippen LogP contribution < -0.4 is 11.1 Å². The molecule has 0 aliphatic carbocycles. The molecule has 1 heterocycles. The molecule has 4 nitrogen and oxygen atoms in total. The third-order valence-corrected chi connectivity index (χ3v) is 3.37. The zero-order valence-electron chi connectivity index (χ0n) is 11.0. The molecule has 1 aromatic carbocycles. The number of urea groups is 1. The van der Waals surface area contributed by atoms with Crippen molar-refractivity contribution in [2.24, 2.45) is 11.7 Å². The van der Waals surface area contributed by atoms with Gasteiger partial charge in [-0.05, 0) is 24.9 Å². The molecule has 1 fully saturated rings. The van der Waals surface area contributed by atoms with Crippen LogP contribution in [-0.4, -0.2) is 30.6 Å². The van der Waals surface area contributed by atoms with Crippen molar-refractivity contribution in [2.45, 2.75) is 19.9 Å². The van der Waals surface area contributed by atoms with Crippen LogP contribution in [0.25, 0.3) is 0 Å². The molecule has 3 N–H and O–H groups in total. The number of nitrogens with zero attached hydrogens (tertiary/aromatic N) is 1. The highest BCUT2D eigenvalue weighted by atomic mass is 16.2. The fourth-order valence-electron chi connectivity index (χ4n) is 2.27. The first-order valence-electron chi connectivity index (χ1n) is 6.42. The summed E-state index contributed by atoms with van der Waals surface area (Å²) >= 11 is 0. The van der Waals surface area contributed by atoms with E-state index in [0.29, 0.717) is 12.5 Å². The number of benzene rings is 1. The average molecular weight is 247 g/mol. The number of aryl methyl sites for hydroxylation is 1. The lowest BCUT2D eigenvalue weighted by atomic mass is 10.0. The molecule has 18 heavy (non-hydrogen) atoms. The molecule has 4 heteroatoms. The first kappa shape index (κ1) is 12.9. The molecule has 0 radical (unpaired) electrons. The van der Waals surface area contributed by atoms with Gasteiger partial charge < -0.3 is 16.0 Å². The number of hydrogen-bond donors (Lipinski definition) is 2. The smallest absolute Gasteiger partial charge is 0.318 e. The molecule has 2 atom stereocenters. The Kier molecular flexibility index (Phi) is 3.87. The minimum absolute atomic E-state index is 0.0156. The molecule has 2 unspecified atom stereocenters. The van der Waals surface area contributed by atoms with Crippen molar-refractivity contribution in [3.63, 3.8) is 0 Å². The quantitative estimate of drug-likeness (QED) is 0.850. The van der Waals surface area contributed by atoms with Gasteiger partial charge in [0.15, 0.2) is 0 Å². The highest BCUT2D eigenvalue weighted by molar-refractivity contribution is 5.77. The second-order valence-electron chi connectivity index (χ2n) is 5.16. The molecule has 0 spiro atoms. The van der Waals surface area contributed by atoms with E-state index < -0.39 is 0 Å². The predicted octanol–water partition coefficient (Wildman–Crippen LogP) is 1.66. The fraction of sp³-hybridized carbons (Fsp3) is 0.500. The summed E-state index contributed by atoms with van der Waals surface area (Å²) in [4.78, 5) is 13.7. The van der Waals surface area contributed by atoms with Crippen LogP contribution in [0.3, 0.4) is 0 Å². The zero-order chi connectivity index (χ0) is 13.1. The van der Waals surface area contributed by atoms with E-state index in [4.69, 9.17) is 5.73 Å². The van der Waals surface area contributed by atoms with Crippen molar-refractivity contribution >= 4 is 6.03 Å². The van der Waals surface area contributed by atoms with Crippen LogP contribution in [0.1, 0.15) is 24.1 Å². The highest BCUT2D eigenvalue weighted by Gasteiger charge is 2.30. The topological polar surface area (TPSA) is 58.4 Å². The average Bonchev–Trinajstić information content (AvgIpc) is 2.71. The van der Waals surface area contributed by atoms with Gasteiger partial charge in [-0.25, -0.2) is 4.79 Å². The third-order valence-electron chi connectivity index (χ3n) is 3.37. The van der Waals surface area contributed by atoms with Gasteiger partial charge in [0.2, 0.25) is 0 Å². The highest BCUT2D eigenvalue weighted by Crippen LogP contribution is 2.21. The lowest BCUT2D eigenvalue weighted by Crippen LogP contribution is -2.34. The van der Waals surface area contributed by atoms with Gasteiger partial charge in [-0.3, -0.25) is 0 Å². The Morgan fingerprint density at radius 1 is 1.56 bits per heavy atom. The molecule has 2 amide bonds. The van der Waals surface area contributed by atoms with Crippen LogP contribution >= 0.6 is 0 Å². The summed E-state index contributed by atoms with van der Waals surface area (Å²) in [5.41, 5.74) is 7.99. The zero-order valence-corrected chi connectivity index (χ0v) is 11.0. The van der Waals surface area contributed by atoms with E-state index in [0.717, 1.165) is 13.1 Å². The minimum atomic E-state index is 0.0156. The molecule has 1 saturated heterocycles. The van der Waals surface area contributed by atoms with Crippen LogP contribution in [-0.2, 0) is 0 Å². The molecule has 1 aliphatic rings. The molecule has 2 rings (SSSR count). The Bertz CT molecular complexity index is 433. The molecule has 1 aromatic rings. The molecule has 0 bridgehead atoms. The SMILES string of the molecule is Cc1cccc(C2CN(CC(C)CN)C(=O)N2)c1. The van der Waals surface area contributed by atoms with Gasteiger partial charge in [0, 0.05) is 13.1 Å². The van der Waals surface area contributed by atoms with Gasteiger partial charge in [-0.2, -0.15) is 0 Å². The van der Waals surface area contributed by atoms with Gasteiger partial charge in [0.05, 0.1) is 6.04 Å². The van der Waals surface area contributed by atoms with E-state index in [1.165, 1.54) is 11.1 Å². The Morgan fingerprint density at radius 3 is 3.00 bits per heavy atom. The number of carbonyl (C=O) groups is 1. The molecular formula is C14H21N3O. The number of rotatable bonds is 4. The number of hydrogen-bond acceptors (Lipinski definition) is 2. The summed E-state index contributed by atoms with van der Waals surface area (Å²) in [5, 5.41) is 3.02. The lowest BCUT2D eigenvalue weighted by molar-refractivity contribution is 0.211. The lowest BCUT2D eigenvalue weighted by Gasteiger charge is -2.18. The Morgan fingerprint density at radius 2 is 2.33 bits per heavy atom. The molecule has 1 aliphatic heterocycles. The fourth-order valence-corrected chi connectivity index (χ4v) is 2.27. The third kappa shape index (κ3) is 2.82. The van der Waals surface area contributed by atoms with Gasteiger partial charge >= 0.3 is 6.03 Å². The van der Waals surface area contributed by atoms with Crippen molar-refractivity contribution in [2.75, 3.05) is 19.6 Å². The second kappa shape index (κ2) is 5.40. The van der Waals surface area contributed by atoms with Gasteiger partial charge in [0.1, 0.15) is 0 Å². The van der Waals surface area contributed by atoms with E-state index >= 15 is 0 Å². The van der Waals surface area contributed by atoms with Crippen molar-refractivity contribution in [1.29, 1.82) is 0 Å². The normalized spacial score (nSPS) is 20.9. The summed E-state index contributed by atoms with van der Waals surface area (Å²) in [7, 11) is 0. The number of nitrogens with one attached hydrogen (secondary N) is 1. The summed E-state index contributed by atoms with van der Waals surface area (Å²) in [6, 6.07) is 8.40. The summed E-state index contributed by atoms with van der Waals surface area (Å²) in [6.07, 6.45) is 0. The van der Waals surface area contributed by atoms with Crippen LogP contribution in [0.5, 0.6) is 0 Å². The molecule has 0 aromatic heterocycles. The maximum atomic E-state index is 11.9. The largest absolute Gasteiger partial charge is 0.330 e.